The van der Waals surface area contributed by atoms with Gasteiger partial charge in [0, 0.05) is 11.5 Å². The number of carbonyl (C=O) groups is 1. The Bertz CT molecular complexity index is 728. The fourth-order valence-electron chi connectivity index (χ4n) is 3.39. The van der Waals surface area contributed by atoms with Crippen molar-refractivity contribution in [2.75, 3.05) is 0 Å². The lowest BCUT2D eigenvalue weighted by molar-refractivity contribution is -0.131. The summed E-state index contributed by atoms with van der Waals surface area (Å²) in [4.78, 5) is 10.8. The van der Waals surface area contributed by atoms with Crippen LogP contribution in [0.3, 0.4) is 0 Å². The lowest BCUT2D eigenvalue weighted by Gasteiger charge is -2.47. The van der Waals surface area contributed by atoms with Gasteiger partial charge in [-0.1, -0.05) is 56.3 Å². The predicted octanol–water partition coefficient (Wildman–Crippen LogP) is 4.27. The number of allylic oxidation sites excluding steroid dienone is 2. The Labute approximate surface area is 155 Å². The number of ether oxygens (including phenoxy) is 1. The van der Waals surface area contributed by atoms with Crippen molar-refractivity contribution in [3.05, 3.63) is 71.3 Å². The van der Waals surface area contributed by atoms with Gasteiger partial charge in [0.1, 0.15) is 5.60 Å². The van der Waals surface area contributed by atoms with E-state index in [1.54, 1.807) is 19.1 Å². The summed E-state index contributed by atoms with van der Waals surface area (Å²) in [5.41, 5.74) is 0.912. The maximum Gasteiger partial charge on any atom is 0.328 e. The van der Waals surface area contributed by atoms with Crippen LogP contribution in [-0.2, 0) is 16.1 Å². The Morgan fingerprint density at radius 2 is 1.96 bits per heavy atom. The van der Waals surface area contributed by atoms with Crippen molar-refractivity contribution >= 4 is 5.97 Å². The fraction of sp³-hybridized carbons (Fsp3) is 0.409. The second-order valence-electron chi connectivity index (χ2n) is 7.60. The molecule has 2 atom stereocenters. The highest BCUT2D eigenvalue weighted by Gasteiger charge is 2.47. The molecule has 0 spiro atoms. The minimum absolute atomic E-state index is 0.0745. The van der Waals surface area contributed by atoms with Crippen molar-refractivity contribution in [2.45, 2.75) is 52.4 Å². The van der Waals surface area contributed by atoms with E-state index in [4.69, 9.17) is 9.84 Å². The molecule has 0 saturated heterocycles. The van der Waals surface area contributed by atoms with Gasteiger partial charge in [0.2, 0.25) is 0 Å². The molecule has 0 unspecified atom stereocenters. The molecule has 0 aliphatic heterocycles. The summed E-state index contributed by atoms with van der Waals surface area (Å²) in [5, 5.41) is 20.1. The van der Waals surface area contributed by atoms with Crippen LogP contribution in [-0.4, -0.2) is 27.9 Å². The monoisotopic (exact) mass is 356 g/mol. The predicted molar refractivity (Wildman–Crippen MR) is 103 cm³/mol. The van der Waals surface area contributed by atoms with E-state index in [1.165, 1.54) is 0 Å². The van der Waals surface area contributed by atoms with E-state index in [9.17, 15) is 9.90 Å². The number of hydrogen-bond acceptors (Lipinski definition) is 3. The molecule has 1 aromatic rings. The Kier molecular flexibility index (Phi) is 6.21. The smallest absolute Gasteiger partial charge is 0.328 e. The molecule has 0 amide bonds. The topological polar surface area (TPSA) is 66.8 Å². The van der Waals surface area contributed by atoms with Gasteiger partial charge in [0.05, 0.1) is 12.7 Å². The molecule has 1 aliphatic rings. The van der Waals surface area contributed by atoms with Gasteiger partial charge < -0.3 is 14.9 Å². The molecule has 1 aliphatic carbocycles. The van der Waals surface area contributed by atoms with Crippen molar-refractivity contribution in [1.82, 2.24) is 0 Å². The number of benzene rings is 1. The first-order valence-corrected chi connectivity index (χ1v) is 8.81. The van der Waals surface area contributed by atoms with Crippen LogP contribution in [0, 0.1) is 5.41 Å². The molecule has 0 heterocycles. The molecule has 2 N–H and O–H groups in total. The standard InChI is InChI=1S/C22H28O4/c1-16(12-20(23)24)10-11-22(25)17(2)13-19(14-21(22,3)4)26-15-18-8-6-5-7-9-18/h5-13,19,25H,14-15H2,1-4H3,(H,23,24)/b11-10+,16-12-/t19-,22+/m1/s1. The number of carboxylic acid groups (broad SMARTS) is 1. The highest BCUT2D eigenvalue weighted by molar-refractivity contribution is 5.81. The van der Waals surface area contributed by atoms with Gasteiger partial charge in [-0.2, -0.15) is 0 Å². The number of aliphatic carboxylic acids is 1. The zero-order valence-electron chi connectivity index (χ0n) is 15.9. The molecule has 0 saturated carbocycles. The quantitative estimate of drug-likeness (QED) is 0.454. The highest BCUT2D eigenvalue weighted by atomic mass is 16.5. The van der Waals surface area contributed by atoms with Crippen molar-refractivity contribution < 1.29 is 19.7 Å². The lowest BCUT2D eigenvalue weighted by Crippen LogP contribution is -2.49. The summed E-state index contributed by atoms with van der Waals surface area (Å²) in [6, 6.07) is 10.0. The number of aliphatic hydroxyl groups is 1. The van der Waals surface area contributed by atoms with Crippen molar-refractivity contribution in [2.24, 2.45) is 5.41 Å². The van der Waals surface area contributed by atoms with Crippen LogP contribution in [0.2, 0.25) is 0 Å². The average Bonchev–Trinajstić information content (AvgIpc) is 2.56. The molecule has 0 fully saturated rings. The SMILES string of the molecule is CC1=C[C@@H](OCc2ccccc2)CC(C)(C)[C@]1(O)/C=C/C(C)=C\C(=O)O. The number of carboxylic acids is 1. The van der Waals surface area contributed by atoms with Crippen molar-refractivity contribution in [3.63, 3.8) is 0 Å². The Morgan fingerprint density at radius 3 is 2.54 bits per heavy atom. The molecule has 4 heteroatoms. The lowest BCUT2D eigenvalue weighted by atomic mass is 9.64. The van der Waals surface area contributed by atoms with Gasteiger partial charge in [-0.15, -0.1) is 0 Å². The largest absolute Gasteiger partial charge is 0.478 e. The van der Waals surface area contributed by atoms with Crippen LogP contribution in [0.15, 0.2) is 65.8 Å². The second kappa shape index (κ2) is 8.02. The van der Waals surface area contributed by atoms with Gasteiger partial charge in [0.15, 0.2) is 0 Å². The van der Waals surface area contributed by atoms with Crippen LogP contribution in [0.5, 0.6) is 0 Å². The summed E-state index contributed by atoms with van der Waals surface area (Å²) >= 11 is 0. The molecular formula is C22H28O4. The third-order valence-corrected chi connectivity index (χ3v) is 5.03. The maximum absolute atomic E-state index is 11.3. The third-order valence-electron chi connectivity index (χ3n) is 5.03. The zero-order valence-corrected chi connectivity index (χ0v) is 15.9. The Balaban J connectivity index is 2.17. The fourth-order valence-corrected chi connectivity index (χ4v) is 3.39. The van der Waals surface area contributed by atoms with E-state index in [1.807, 2.05) is 57.2 Å². The minimum atomic E-state index is -1.15. The number of hydrogen-bond donors (Lipinski definition) is 2. The van der Waals surface area contributed by atoms with Gasteiger partial charge in [-0.3, -0.25) is 0 Å². The minimum Gasteiger partial charge on any atom is -0.478 e. The normalized spacial score (nSPS) is 26.0. The first kappa shape index (κ1) is 20.1. The molecule has 0 radical (unpaired) electrons. The summed E-state index contributed by atoms with van der Waals surface area (Å²) in [6.45, 7) is 8.13. The van der Waals surface area contributed by atoms with E-state index in [0.717, 1.165) is 17.2 Å². The average molecular weight is 356 g/mol. The van der Waals surface area contributed by atoms with E-state index >= 15 is 0 Å². The van der Waals surface area contributed by atoms with Gasteiger partial charge in [0.25, 0.3) is 0 Å². The highest BCUT2D eigenvalue weighted by Crippen LogP contribution is 2.46. The molecule has 1 aromatic carbocycles. The molecule has 4 nitrogen and oxygen atoms in total. The maximum atomic E-state index is 11.3. The second-order valence-corrected chi connectivity index (χ2v) is 7.60. The summed E-state index contributed by atoms with van der Waals surface area (Å²) in [6.07, 6.45) is 7.04. The van der Waals surface area contributed by atoms with Crippen LogP contribution in [0.1, 0.15) is 39.7 Å². The Hall–Kier alpha value is -2.17. The van der Waals surface area contributed by atoms with Crippen molar-refractivity contribution in [3.8, 4) is 0 Å². The third kappa shape index (κ3) is 4.71. The van der Waals surface area contributed by atoms with E-state index in [0.29, 0.717) is 18.6 Å². The number of rotatable bonds is 6. The van der Waals surface area contributed by atoms with Crippen LogP contribution in [0.4, 0.5) is 0 Å². The van der Waals surface area contributed by atoms with E-state index in [-0.39, 0.29) is 6.10 Å². The summed E-state index contributed by atoms with van der Waals surface area (Å²) in [5.74, 6) is -0.997. The first-order valence-electron chi connectivity index (χ1n) is 8.81. The zero-order chi connectivity index (χ0) is 19.4. The van der Waals surface area contributed by atoms with Crippen LogP contribution >= 0.6 is 0 Å². The van der Waals surface area contributed by atoms with Crippen LogP contribution < -0.4 is 0 Å². The molecule has 0 bridgehead atoms. The van der Waals surface area contributed by atoms with Gasteiger partial charge >= 0.3 is 5.97 Å². The molecule has 140 valence electrons. The van der Waals surface area contributed by atoms with E-state index in [2.05, 4.69) is 0 Å². The summed E-state index contributed by atoms with van der Waals surface area (Å²) < 4.78 is 6.05. The van der Waals surface area contributed by atoms with Crippen molar-refractivity contribution in [1.29, 1.82) is 0 Å². The Morgan fingerprint density at radius 1 is 1.31 bits per heavy atom. The molecule has 26 heavy (non-hydrogen) atoms. The van der Waals surface area contributed by atoms with Crippen LogP contribution in [0.25, 0.3) is 0 Å². The molecule has 0 aromatic heterocycles. The first-order chi connectivity index (χ1) is 12.1. The van der Waals surface area contributed by atoms with Gasteiger partial charge in [-0.25, -0.2) is 4.79 Å². The van der Waals surface area contributed by atoms with E-state index < -0.39 is 17.0 Å². The van der Waals surface area contributed by atoms with Gasteiger partial charge in [-0.05, 0) is 43.1 Å². The molecular weight excluding hydrogens is 328 g/mol. The summed E-state index contributed by atoms with van der Waals surface area (Å²) in [7, 11) is 0. The molecule has 2 rings (SSSR count).